The molecule has 0 spiro atoms. The van der Waals surface area contributed by atoms with Gasteiger partial charge in [0, 0.05) is 30.4 Å². The minimum atomic E-state index is -0.325. The summed E-state index contributed by atoms with van der Waals surface area (Å²) in [6, 6.07) is 17.7. The molecule has 0 aliphatic carbocycles. The average Bonchev–Trinajstić information content (AvgIpc) is 2.79. The molecule has 1 N–H and O–H groups in total. The molecule has 1 atom stereocenters. The molecule has 0 bridgehead atoms. The molecule has 1 amide bonds. The Kier molecular flexibility index (Phi) is 8.28. The van der Waals surface area contributed by atoms with Crippen LogP contribution < -0.4 is 10.9 Å². The summed E-state index contributed by atoms with van der Waals surface area (Å²) in [7, 11) is 1.74. The third-order valence-electron chi connectivity index (χ3n) is 5.45. The minimum absolute atomic E-state index is 0.0583. The van der Waals surface area contributed by atoms with E-state index in [9.17, 15) is 9.59 Å². The number of thioether (sulfide) groups is 1. The van der Waals surface area contributed by atoms with Gasteiger partial charge in [-0.2, -0.15) is 0 Å². The maximum Gasteiger partial charge on any atom is 0.257 e. The molecule has 0 aliphatic heterocycles. The van der Waals surface area contributed by atoms with Crippen molar-refractivity contribution in [1.82, 2.24) is 9.55 Å². The highest BCUT2D eigenvalue weighted by Gasteiger charge is 2.23. The molecule has 6 heteroatoms. The SMILES string of the molecule is CCCCC(Sc1nc(C)c(Cc2ccccc2)c(=O)n1C)C(=O)Nc1ccc(C)cc1. The number of carbonyl (C=O) groups is 1. The lowest BCUT2D eigenvalue weighted by Gasteiger charge is -2.18. The summed E-state index contributed by atoms with van der Waals surface area (Å²) in [5, 5.41) is 3.26. The Morgan fingerprint density at radius 3 is 2.44 bits per heavy atom. The zero-order valence-corrected chi connectivity index (χ0v) is 20.0. The van der Waals surface area contributed by atoms with Crippen LogP contribution in [0.2, 0.25) is 0 Å². The molecule has 1 heterocycles. The third-order valence-corrected chi connectivity index (χ3v) is 6.76. The maximum absolute atomic E-state index is 13.1. The first kappa shape index (κ1) is 23.8. The largest absolute Gasteiger partial charge is 0.325 e. The first-order valence-corrected chi connectivity index (χ1v) is 11.9. The average molecular weight is 450 g/mol. The summed E-state index contributed by atoms with van der Waals surface area (Å²) in [5.74, 6) is -0.0624. The molecule has 0 fully saturated rings. The molecule has 0 radical (unpaired) electrons. The summed E-state index contributed by atoms with van der Waals surface area (Å²) in [5.41, 5.74) is 4.35. The quantitative estimate of drug-likeness (QED) is 0.357. The number of aryl methyl sites for hydroxylation is 2. The van der Waals surface area contributed by atoms with Crippen LogP contribution >= 0.6 is 11.8 Å². The molecule has 2 aromatic carbocycles. The standard InChI is InChI=1S/C26H31N3O2S/c1-5-6-12-23(24(30)28-21-15-13-18(2)14-16-21)32-26-27-19(3)22(25(31)29(26)4)17-20-10-8-7-9-11-20/h7-11,13-16,23H,5-6,12,17H2,1-4H3,(H,28,30). The number of unbranched alkanes of at least 4 members (excludes halogenated alkanes) is 1. The Balaban J connectivity index is 1.83. The topological polar surface area (TPSA) is 64.0 Å². The van der Waals surface area contributed by atoms with Gasteiger partial charge in [0.1, 0.15) is 0 Å². The van der Waals surface area contributed by atoms with E-state index in [4.69, 9.17) is 4.98 Å². The summed E-state index contributed by atoms with van der Waals surface area (Å²) in [6.07, 6.45) is 3.19. The van der Waals surface area contributed by atoms with E-state index in [2.05, 4.69) is 12.2 Å². The van der Waals surface area contributed by atoms with Gasteiger partial charge >= 0.3 is 0 Å². The predicted molar refractivity (Wildman–Crippen MR) is 132 cm³/mol. The number of nitrogens with zero attached hydrogens (tertiary/aromatic N) is 2. The lowest BCUT2D eigenvalue weighted by molar-refractivity contribution is -0.115. The van der Waals surface area contributed by atoms with Gasteiger partial charge in [-0.05, 0) is 38.0 Å². The lowest BCUT2D eigenvalue weighted by Crippen LogP contribution is -2.29. The molecule has 0 saturated carbocycles. The Hall–Kier alpha value is -2.86. The molecule has 3 rings (SSSR count). The van der Waals surface area contributed by atoms with Crippen molar-refractivity contribution in [3.63, 3.8) is 0 Å². The van der Waals surface area contributed by atoms with E-state index < -0.39 is 0 Å². The molecular formula is C26H31N3O2S. The summed E-state index contributed by atoms with van der Waals surface area (Å²) in [4.78, 5) is 30.9. The normalized spacial score (nSPS) is 11.9. The van der Waals surface area contributed by atoms with Crippen molar-refractivity contribution in [2.75, 3.05) is 5.32 Å². The Morgan fingerprint density at radius 2 is 1.78 bits per heavy atom. The third kappa shape index (κ3) is 6.10. The van der Waals surface area contributed by atoms with Crippen molar-refractivity contribution >= 4 is 23.4 Å². The van der Waals surface area contributed by atoms with Crippen LogP contribution in [0.3, 0.4) is 0 Å². The highest BCUT2D eigenvalue weighted by molar-refractivity contribution is 8.00. The maximum atomic E-state index is 13.1. The number of hydrogen-bond acceptors (Lipinski definition) is 4. The van der Waals surface area contributed by atoms with Crippen LogP contribution in [0, 0.1) is 13.8 Å². The Labute approximate surface area is 194 Å². The predicted octanol–water partition coefficient (Wildman–Crippen LogP) is 5.28. The smallest absolute Gasteiger partial charge is 0.257 e. The second-order valence-electron chi connectivity index (χ2n) is 8.09. The zero-order chi connectivity index (χ0) is 23.1. The van der Waals surface area contributed by atoms with Crippen molar-refractivity contribution in [2.24, 2.45) is 7.05 Å². The number of nitrogens with one attached hydrogen (secondary N) is 1. The van der Waals surface area contributed by atoms with E-state index in [-0.39, 0.29) is 16.7 Å². The second-order valence-corrected chi connectivity index (χ2v) is 9.26. The van der Waals surface area contributed by atoms with Gasteiger partial charge in [-0.1, -0.05) is 79.6 Å². The fraction of sp³-hybridized carbons (Fsp3) is 0.346. The summed E-state index contributed by atoms with van der Waals surface area (Å²) in [6.45, 7) is 5.99. The highest BCUT2D eigenvalue weighted by atomic mass is 32.2. The molecular weight excluding hydrogens is 418 g/mol. The molecule has 5 nitrogen and oxygen atoms in total. The summed E-state index contributed by atoms with van der Waals surface area (Å²) < 4.78 is 1.58. The van der Waals surface area contributed by atoms with Crippen molar-refractivity contribution < 1.29 is 4.79 Å². The van der Waals surface area contributed by atoms with Crippen molar-refractivity contribution in [3.05, 3.63) is 87.3 Å². The van der Waals surface area contributed by atoms with Gasteiger partial charge in [-0.15, -0.1) is 0 Å². The fourth-order valence-electron chi connectivity index (χ4n) is 3.46. The molecule has 168 valence electrons. The summed E-state index contributed by atoms with van der Waals surface area (Å²) >= 11 is 1.37. The van der Waals surface area contributed by atoms with Gasteiger partial charge in [0.25, 0.3) is 5.56 Å². The Morgan fingerprint density at radius 1 is 1.09 bits per heavy atom. The molecule has 0 saturated heterocycles. The van der Waals surface area contributed by atoms with E-state index in [0.717, 1.165) is 36.1 Å². The lowest BCUT2D eigenvalue weighted by atomic mass is 10.1. The van der Waals surface area contributed by atoms with Gasteiger partial charge < -0.3 is 5.32 Å². The van der Waals surface area contributed by atoms with Gasteiger partial charge in [0.2, 0.25) is 5.91 Å². The number of amides is 1. The van der Waals surface area contributed by atoms with Crippen LogP contribution in [0.15, 0.2) is 64.5 Å². The minimum Gasteiger partial charge on any atom is -0.325 e. The molecule has 0 aliphatic rings. The van der Waals surface area contributed by atoms with Gasteiger partial charge in [0.15, 0.2) is 5.16 Å². The number of benzene rings is 2. The number of rotatable bonds is 9. The highest BCUT2D eigenvalue weighted by Crippen LogP contribution is 2.27. The van der Waals surface area contributed by atoms with E-state index in [1.165, 1.54) is 11.8 Å². The first-order valence-electron chi connectivity index (χ1n) is 11.0. The van der Waals surface area contributed by atoms with Crippen molar-refractivity contribution in [3.8, 4) is 0 Å². The van der Waals surface area contributed by atoms with Crippen LogP contribution in [-0.2, 0) is 18.3 Å². The van der Waals surface area contributed by atoms with Gasteiger partial charge in [-0.25, -0.2) is 4.98 Å². The van der Waals surface area contributed by atoms with E-state index in [1.54, 1.807) is 11.6 Å². The van der Waals surface area contributed by atoms with E-state index in [0.29, 0.717) is 22.8 Å². The van der Waals surface area contributed by atoms with Crippen LogP contribution in [0.4, 0.5) is 5.69 Å². The van der Waals surface area contributed by atoms with Gasteiger partial charge in [0.05, 0.1) is 5.25 Å². The number of hydrogen-bond donors (Lipinski definition) is 1. The van der Waals surface area contributed by atoms with E-state index >= 15 is 0 Å². The number of aromatic nitrogens is 2. The van der Waals surface area contributed by atoms with Crippen LogP contribution in [0.25, 0.3) is 0 Å². The zero-order valence-electron chi connectivity index (χ0n) is 19.2. The number of carbonyl (C=O) groups excluding carboxylic acids is 1. The van der Waals surface area contributed by atoms with Crippen LogP contribution in [-0.4, -0.2) is 20.7 Å². The van der Waals surface area contributed by atoms with Crippen molar-refractivity contribution in [1.29, 1.82) is 0 Å². The molecule has 1 aromatic heterocycles. The Bertz CT molecular complexity index is 1110. The molecule has 1 unspecified atom stereocenters. The van der Waals surface area contributed by atoms with Crippen LogP contribution in [0.1, 0.15) is 48.6 Å². The molecule has 3 aromatic rings. The second kappa shape index (κ2) is 11.1. The van der Waals surface area contributed by atoms with Crippen molar-refractivity contribution in [2.45, 2.75) is 56.9 Å². The van der Waals surface area contributed by atoms with Gasteiger partial charge in [-0.3, -0.25) is 14.2 Å². The fourth-order valence-corrected chi connectivity index (χ4v) is 4.59. The first-order chi connectivity index (χ1) is 15.4. The monoisotopic (exact) mass is 449 g/mol. The van der Waals surface area contributed by atoms with Crippen LogP contribution in [0.5, 0.6) is 0 Å². The number of anilines is 1. The molecule has 32 heavy (non-hydrogen) atoms. The van der Waals surface area contributed by atoms with E-state index in [1.807, 2.05) is 68.4 Å².